The zero-order chi connectivity index (χ0) is 20.1. The molecule has 0 aliphatic rings. The molecule has 0 aliphatic heterocycles. The maximum Gasteiger partial charge on any atom is 0.148 e. The largest absolute Gasteiger partial charge is 0.386 e. The summed E-state index contributed by atoms with van der Waals surface area (Å²) in [5.41, 5.74) is 5.19. The number of benzene rings is 2. The lowest BCUT2D eigenvalue weighted by Gasteiger charge is -2.24. The molecule has 0 aliphatic carbocycles. The topological polar surface area (TPSA) is 56.9 Å². The second-order valence-corrected chi connectivity index (χ2v) is 5.96. The summed E-state index contributed by atoms with van der Waals surface area (Å²) in [7, 11) is 5.60. The molecule has 27 heavy (non-hydrogen) atoms. The minimum absolute atomic E-state index is 0.338. The first-order chi connectivity index (χ1) is 13.0. The molecule has 0 saturated carbocycles. The Morgan fingerprint density at radius 3 is 2.56 bits per heavy atom. The van der Waals surface area contributed by atoms with Crippen LogP contribution in [0.3, 0.4) is 0 Å². The third kappa shape index (κ3) is 3.72. The molecule has 2 aromatic carbocycles. The Bertz CT molecular complexity index is 984. The summed E-state index contributed by atoms with van der Waals surface area (Å²) in [6.07, 6.45) is 2.40. The number of aryl methyl sites for hydroxylation is 2. The van der Waals surface area contributed by atoms with E-state index >= 15 is 0 Å². The van der Waals surface area contributed by atoms with Crippen LogP contribution >= 0.6 is 0 Å². The van der Waals surface area contributed by atoms with Gasteiger partial charge in [0.2, 0.25) is 0 Å². The number of nitrogens with zero attached hydrogens (tertiary/aromatic N) is 4. The van der Waals surface area contributed by atoms with Gasteiger partial charge < -0.3 is 14.8 Å². The molecule has 1 aromatic heterocycles. The van der Waals surface area contributed by atoms with Crippen molar-refractivity contribution < 1.29 is 4.39 Å². The van der Waals surface area contributed by atoms with Gasteiger partial charge in [-0.2, -0.15) is 5.26 Å². The second kappa shape index (κ2) is 8.54. The Labute approximate surface area is 160 Å². The maximum atomic E-state index is 14.7. The van der Waals surface area contributed by atoms with Crippen LogP contribution in [0.1, 0.15) is 31.9 Å². The van der Waals surface area contributed by atoms with Crippen molar-refractivity contribution in [3.05, 3.63) is 47.5 Å². The lowest BCUT2D eigenvalue weighted by molar-refractivity contribution is 0.625. The summed E-state index contributed by atoms with van der Waals surface area (Å²) >= 11 is 0. The van der Waals surface area contributed by atoms with Gasteiger partial charge in [0.15, 0.2) is 0 Å². The molecule has 6 heteroatoms. The minimum Gasteiger partial charge on any atom is -0.386 e. The quantitative estimate of drug-likeness (QED) is 0.706. The standard InChI is InChI=1S/C19H20FN5.C2H6/c1-5-13-6-12(10-21)7-15(20)19(13)25(4)14-8-16(22-2)18-17(9-14)24(3)11-23-18;1-2/h6-9,11,22H,5H2,1-4H3;1-2H3. The van der Waals surface area contributed by atoms with Crippen molar-refractivity contribution in [1.29, 1.82) is 5.26 Å². The van der Waals surface area contributed by atoms with Crippen molar-refractivity contribution in [2.45, 2.75) is 27.2 Å². The van der Waals surface area contributed by atoms with Gasteiger partial charge in [-0.3, -0.25) is 0 Å². The minimum atomic E-state index is -0.394. The van der Waals surface area contributed by atoms with Gasteiger partial charge in [-0.15, -0.1) is 0 Å². The fraction of sp³-hybridized carbons (Fsp3) is 0.333. The molecule has 0 atom stereocenters. The number of nitriles is 1. The van der Waals surface area contributed by atoms with Gasteiger partial charge in [-0.25, -0.2) is 9.37 Å². The number of fused-ring (bicyclic) bond motifs is 1. The van der Waals surface area contributed by atoms with Crippen molar-refractivity contribution in [2.24, 2.45) is 7.05 Å². The first-order valence-electron chi connectivity index (χ1n) is 9.09. The Hall–Kier alpha value is -3.07. The highest BCUT2D eigenvalue weighted by molar-refractivity contribution is 5.93. The highest BCUT2D eigenvalue weighted by Crippen LogP contribution is 2.35. The lowest BCUT2D eigenvalue weighted by Crippen LogP contribution is -2.14. The normalized spacial score (nSPS) is 10.1. The van der Waals surface area contributed by atoms with E-state index in [9.17, 15) is 4.39 Å². The van der Waals surface area contributed by atoms with Crippen molar-refractivity contribution >= 4 is 28.1 Å². The first kappa shape index (κ1) is 20.2. The van der Waals surface area contributed by atoms with Crippen LogP contribution in [0, 0.1) is 17.1 Å². The van der Waals surface area contributed by atoms with E-state index in [2.05, 4.69) is 10.3 Å². The van der Waals surface area contributed by atoms with Crippen LogP contribution in [0.15, 0.2) is 30.6 Å². The summed E-state index contributed by atoms with van der Waals surface area (Å²) in [4.78, 5) is 6.23. The maximum absolute atomic E-state index is 14.7. The van der Waals surface area contributed by atoms with Crippen molar-refractivity contribution in [1.82, 2.24) is 9.55 Å². The van der Waals surface area contributed by atoms with Crippen LogP contribution in [0.2, 0.25) is 0 Å². The molecule has 0 fully saturated rings. The molecule has 1 N–H and O–H groups in total. The predicted molar refractivity (Wildman–Crippen MR) is 110 cm³/mol. The monoisotopic (exact) mass is 367 g/mol. The Kier molecular flexibility index (Phi) is 6.40. The molecule has 3 rings (SSSR count). The fourth-order valence-electron chi connectivity index (χ4n) is 3.09. The molecule has 5 nitrogen and oxygen atoms in total. The number of rotatable bonds is 4. The van der Waals surface area contributed by atoms with Crippen molar-refractivity contribution in [3.8, 4) is 6.07 Å². The van der Waals surface area contributed by atoms with Crippen LogP contribution in [-0.2, 0) is 13.5 Å². The number of halogens is 1. The average Bonchev–Trinajstić information content (AvgIpc) is 3.08. The zero-order valence-electron chi connectivity index (χ0n) is 16.8. The van der Waals surface area contributed by atoms with E-state index < -0.39 is 5.82 Å². The molecular formula is C21H26FN5. The van der Waals surface area contributed by atoms with E-state index in [-0.39, 0.29) is 0 Å². The number of hydrogen-bond donors (Lipinski definition) is 1. The molecule has 3 aromatic rings. The highest BCUT2D eigenvalue weighted by atomic mass is 19.1. The van der Waals surface area contributed by atoms with Crippen LogP contribution in [-0.4, -0.2) is 23.6 Å². The number of anilines is 3. The van der Waals surface area contributed by atoms with Crippen molar-refractivity contribution in [3.63, 3.8) is 0 Å². The van der Waals surface area contributed by atoms with Gasteiger partial charge in [-0.1, -0.05) is 20.8 Å². The van der Waals surface area contributed by atoms with E-state index in [0.29, 0.717) is 17.7 Å². The Morgan fingerprint density at radius 1 is 1.26 bits per heavy atom. The average molecular weight is 367 g/mol. The van der Waals surface area contributed by atoms with Gasteiger partial charge in [0.25, 0.3) is 0 Å². The van der Waals surface area contributed by atoms with Crippen LogP contribution in [0.5, 0.6) is 0 Å². The lowest BCUT2D eigenvalue weighted by atomic mass is 10.0. The van der Waals surface area contributed by atoms with E-state index in [1.807, 2.05) is 69.6 Å². The summed E-state index contributed by atoms with van der Waals surface area (Å²) in [5.74, 6) is -0.394. The van der Waals surface area contributed by atoms with Crippen LogP contribution < -0.4 is 10.2 Å². The smallest absolute Gasteiger partial charge is 0.148 e. The fourth-order valence-corrected chi connectivity index (χ4v) is 3.09. The SMILES string of the molecule is CC.CCc1cc(C#N)cc(F)c1N(C)c1cc(NC)c2ncn(C)c2c1. The first-order valence-corrected chi connectivity index (χ1v) is 9.09. The van der Waals surface area contributed by atoms with Gasteiger partial charge in [0.1, 0.15) is 11.3 Å². The molecule has 0 unspecified atom stereocenters. The summed E-state index contributed by atoms with van der Waals surface area (Å²) in [6, 6.07) is 8.98. The zero-order valence-corrected chi connectivity index (χ0v) is 16.8. The molecule has 0 saturated heterocycles. The van der Waals surface area contributed by atoms with Gasteiger partial charge in [-0.05, 0) is 36.2 Å². The summed E-state index contributed by atoms with van der Waals surface area (Å²) < 4.78 is 16.6. The number of nitrogens with one attached hydrogen (secondary N) is 1. The Balaban J connectivity index is 0.00000126. The molecule has 1 heterocycles. The van der Waals surface area contributed by atoms with E-state index in [1.165, 1.54) is 6.07 Å². The molecule has 0 bridgehead atoms. The molecule has 0 spiro atoms. The van der Waals surface area contributed by atoms with Crippen LogP contribution in [0.4, 0.5) is 21.5 Å². The Morgan fingerprint density at radius 2 is 1.96 bits per heavy atom. The number of imidazole rings is 1. The number of aromatic nitrogens is 2. The molecule has 142 valence electrons. The highest BCUT2D eigenvalue weighted by Gasteiger charge is 2.18. The van der Waals surface area contributed by atoms with E-state index in [0.717, 1.165) is 28.0 Å². The number of hydrogen-bond acceptors (Lipinski definition) is 4. The predicted octanol–water partition coefficient (Wildman–Crippen LogP) is 4.98. The summed E-state index contributed by atoms with van der Waals surface area (Å²) in [6.45, 7) is 5.95. The van der Waals surface area contributed by atoms with Crippen molar-refractivity contribution in [2.75, 3.05) is 24.3 Å². The second-order valence-electron chi connectivity index (χ2n) is 5.96. The summed E-state index contributed by atoms with van der Waals surface area (Å²) in [5, 5.41) is 12.2. The van der Waals surface area contributed by atoms with E-state index in [4.69, 9.17) is 5.26 Å². The van der Waals surface area contributed by atoms with Gasteiger partial charge in [0.05, 0.1) is 34.9 Å². The van der Waals surface area contributed by atoms with Crippen LogP contribution in [0.25, 0.3) is 11.0 Å². The molecule has 0 amide bonds. The molecular weight excluding hydrogens is 341 g/mol. The third-order valence-electron chi connectivity index (χ3n) is 4.46. The molecule has 0 radical (unpaired) electrons. The van der Waals surface area contributed by atoms with Gasteiger partial charge >= 0.3 is 0 Å². The third-order valence-corrected chi connectivity index (χ3v) is 4.46. The van der Waals surface area contributed by atoms with E-state index in [1.54, 1.807) is 12.4 Å². The van der Waals surface area contributed by atoms with Gasteiger partial charge in [0, 0.05) is 26.8 Å².